The Morgan fingerprint density at radius 3 is 2.52 bits per heavy atom. The van der Waals surface area contributed by atoms with Gasteiger partial charge in [-0.2, -0.15) is 10.1 Å². The van der Waals surface area contributed by atoms with Crippen LogP contribution >= 0.6 is 24.0 Å². The summed E-state index contributed by atoms with van der Waals surface area (Å²) in [7, 11) is 0. The highest BCUT2D eigenvalue weighted by molar-refractivity contribution is 8.14. The van der Waals surface area contributed by atoms with Crippen LogP contribution in [0.5, 0.6) is 5.75 Å². The van der Waals surface area contributed by atoms with E-state index in [1.807, 2.05) is 30.3 Å². The molecule has 1 aliphatic heterocycles. The second-order valence-electron chi connectivity index (χ2n) is 9.46. The Bertz CT molecular complexity index is 1600. The van der Waals surface area contributed by atoms with E-state index in [1.165, 1.54) is 40.8 Å². The van der Waals surface area contributed by atoms with E-state index >= 15 is 0 Å². The number of anilines is 1. The number of rotatable bonds is 7. The number of ether oxygens (including phenoxy) is 1. The van der Waals surface area contributed by atoms with E-state index in [2.05, 4.69) is 67.3 Å². The lowest BCUT2D eigenvalue weighted by molar-refractivity contribution is -0.274. The van der Waals surface area contributed by atoms with E-state index in [9.17, 15) is 13.2 Å². The molecule has 216 valence electrons. The van der Waals surface area contributed by atoms with Gasteiger partial charge in [0.25, 0.3) is 0 Å². The van der Waals surface area contributed by atoms with Crippen molar-refractivity contribution < 1.29 is 17.9 Å². The maximum Gasteiger partial charge on any atom is 0.573 e. The summed E-state index contributed by atoms with van der Waals surface area (Å²) in [6, 6.07) is 21.1. The van der Waals surface area contributed by atoms with Crippen molar-refractivity contribution in [3.63, 3.8) is 0 Å². The minimum atomic E-state index is -4.74. The molecule has 0 spiro atoms. The molecular formula is C29H26F3N7OS2. The number of para-hydroxylation sites is 1. The molecule has 42 heavy (non-hydrogen) atoms. The van der Waals surface area contributed by atoms with Crippen molar-refractivity contribution in [3.05, 3.63) is 90.3 Å². The van der Waals surface area contributed by atoms with Gasteiger partial charge in [-0.25, -0.2) is 9.67 Å². The summed E-state index contributed by atoms with van der Waals surface area (Å²) in [6.07, 6.45) is -1.62. The third kappa shape index (κ3) is 7.34. The maximum atomic E-state index is 12.4. The van der Waals surface area contributed by atoms with Gasteiger partial charge in [0.2, 0.25) is 5.11 Å². The van der Waals surface area contributed by atoms with Crippen LogP contribution in [-0.4, -0.2) is 49.9 Å². The number of nitrogens with one attached hydrogen (secondary N) is 1. The van der Waals surface area contributed by atoms with Crippen LogP contribution in [0, 0.1) is 0 Å². The average Bonchev–Trinajstić information content (AvgIpc) is 3.63. The van der Waals surface area contributed by atoms with Gasteiger partial charge in [-0.1, -0.05) is 68.1 Å². The first-order chi connectivity index (χ1) is 20.2. The van der Waals surface area contributed by atoms with Crippen LogP contribution < -0.4 is 15.1 Å². The Morgan fingerprint density at radius 1 is 1.07 bits per heavy atom. The van der Waals surface area contributed by atoms with Crippen molar-refractivity contribution in [1.82, 2.24) is 20.2 Å². The summed E-state index contributed by atoms with van der Waals surface area (Å²) in [5.74, 6) is 1.48. The van der Waals surface area contributed by atoms with Gasteiger partial charge in [-0.3, -0.25) is 5.43 Å². The lowest BCUT2D eigenvalue weighted by Crippen LogP contribution is -2.27. The number of aromatic nitrogens is 3. The highest BCUT2D eigenvalue weighted by Gasteiger charge is 2.31. The molecule has 1 saturated heterocycles. The molecule has 0 atom stereocenters. The van der Waals surface area contributed by atoms with Crippen molar-refractivity contribution in [2.24, 2.45) is 10.1 Å². The lowest BCUT2D eigenvalue weighted by Gasteiger charge is -2.23. The summed E-state index contributed by atoms with van der Waals surface area (Å²) in [5, 5.41) is 9.77. The third-order valence-electron chi connectivity index (χ3n) is 6.19. The number of thioether (sulfide) groups is 1. The topological polar surface area (TPSA) is 79.9 Å². The molecule has 0 bridgehead atoms. The molecule has 2 heterocycles. The van der Waals surface area contributed by atoms with Gasteiger partial charge in [0.1, 0.15) is 12.1 Å². The van der Waals surface area contributed by atoms with Crippen molar-refractivity contribution in [2.75, 3.05) is 17.2 Å². The molecule has 0 radical (unpaired) electrons. The van der Waals surface area contributed by atoms with Gasteiger partial charge in [0, 0.05) is 23.5 Å². The number of thiocarbonyl (C=S) groups is 1. The second kappa shape index (κ2) is 12.7. The van der Waals surface area contributed by atoms with Crippen LogP contribution in [0.25, 0.3) is 17.1 Å². The van der Waals surface area contributed by atoms with Crippen LogP contribution in [0.15, 0.2) is 89.2 Å². The molecule has 1 N–H and O–H groups in total. The lowest BCUT2D eigenvalue weighted by atomic mass is 10.0. The molecule has 1 aliphatic rings. The van der Waals surface area contributed by atoms with Crippen molar-refractivity contribution in [1.29, 1.82) is 0 Å². The molecule has 5 rings (SSSR count). The number of aliphatic imine (C=N–C) groups is 1. The SMILES string of the molecule is CC(C)c1ccccc1N1CCS/C1=N\C(=S)N/N=C/c1ccc(-c2ncn(-c3ccc(OC(F)(F)F)cc3)n2)cc1. The molecule has 1 fully saturated rings. The van der Waals surface area contributed by atoms with Crippen molar-refractivity contribution in [2.45, 2.75) is 26.1 Å². The van der Waals surface area contributed by atoms with Crippen LogP contribution in [0.1, 0.15) is 30.9 Å². The van der Waals surface area contributed by atoms with Gasteiger partial charge < -0.3 is 9.64 Å². The Morgan fingerprint density at radius 2 is 1.81 bits per heavy atom. The maximum absolute atomic E-state index is 12.4. The van der Waals surface area contributed by atoms with Crippen molar-refractivity contribution in [3.8, 4) is 22.8 Å². The van der Waals surface area contributed by atoms with Gasteiger partial charge in [-0.15, -0.1) is 18.3 Å². The largest absolute Gasteiger partial charge is 0.573 e. The number of amidine groups is 1. The highest BCUT2D eigenvalue weighted by atomic mass is 32.2. The molecule has 0 aliphatic carbocycles. The average molecular weight is 610 g/mol. The molecule has 3 aromatic carbocycles. The predicted molar refractivity (Wildman–Crippen MR) is 165 cm³/mol. The van der Waals surface area contributed by atoms with Gasteiger partial charge >= 0.3 is 6.36 Å². The Hall–Kier alpha value is -4.23. The minimum Gasteiger partial charge on any atom is -0.406 e. The number of hydrogen-bond donors (Lipinski definition) is 1. The highest BCUT2D eigenvalue weighted by Crippen LogP contribution is 2.32. The molecule has 8 nitrogen and oxygen atoms in total. The van der Waals surface area contributed by atoms with Gasteiger partial charge in [0.15, 0.2) is 11.0 Å². The normalized spacial score (nSPS) is 14.7. The number of hydrogen-bond acceptors (Lipinski definition) is 6. The Labute approximate surface area is 250 Å². The third-order valence-corrected chi connectivity index (χ3v) is 7.33. The number of halogens is 3. The van der Waals surface area contributed by atoms with E-state index in [0.29, 0.717) is 17.4 Å². The standard InChI is InChI=1S/C29H26F3N7OS2/c1-19(2)24-5-3-4-6-25(24)38-15-16-42-28(38)35-27(41)36-34-17-20-7-9-21(10-8-20)26-33-18-39(37-26)22-11-13-23(14-12-22)40-29(30,31)32/h3-14,17-19H,15-16H2,1-2H3,(H,36,41)/b34-17+,35-28-. The van der Waals surface area contributed by atoms with E-state index in [4.69, 9.17) is 12.2 Å². The first-order valence-corrected chi connectivity index (χ1v) is 14.3. The first kappa shape index (κ1) is 29.3. The fourth-order valence-corrected chi connectivity index (χ4v) is 5.41. The van der Waals surface area contributed by atoms with Crippen LogP contribution in [0.3, 0.4) is 0 Å². The molecule has 13 heteroatoms. The van der Waals surface area contributed by atoms with Crippen molar-refractivity contribution >= 4 is 46.2 Å². The summed E-state index contributed by atoms with van der Waals surface area (Å²) in [6.45, 7) is 5.22. The summed E-state index contributed by atoms with van der Waals surface area (Å²) in [5.41, 5.74) is 7.37. The fraction of sp³-hybridized carbons (Fsp3) is 0.207. The molecule has 4 aromatic rings. The summed E-state index contributed by atoms with van der Waals surface area (Å²) >= 11 is 7.09. The van der Waals surface area contributed by atoms with E-state index in [-0.39, 0.29) is 10.9 Å². The zero-order chi connectivity index (χ0) is 29.7. The summed E-state index contributed by atoms with van der Waals surface area (Å²) < 4.78 is 42.5. The van der Waals surface area contributed by atoms with Crippen LogP contribution in [0.2, 0.25) is 0 Å². The zero-order valence-corrected chi connectivity index (χ0v) is 24.2. The fourth-order valence-electron chi connectivity index (χ4n) is 4.25. The number of alkyl halides is 3. The zero-order valence-electron chi connectivity index (χ0n) is 22.6. The van der Waals surface area contributed by atoms with E-state index < -0.39 is 6.36 Å². The van der Waals surface area contributed by atoms with Gasteiger partial charge in [-0.05, 0) is 59.6 Å². The molecule has 0 saturated carbocycles. The number of benzene rings is 3. The quantitative estimate of drug-likeness (QED) is 0.141. The molecule has 0 unspecified atom stereocenters. The van der Waals surface area contributed by atoms with Crippen LogP contribution in [-0.2, 0) is 0 Å². The number of nitrogens with zero attached hydrogens (tertiary/aromatic N) is 6. The Balaban J connectivity index is 1.19. The molecule has 0 amide bonds. The first-order valence-electron chi connectivity index (χ1n) is 13.0. The Kier molecular flexibility index (Phi) is 8.88. The molecular weight excluding hydrogens is 583 g/mol. The second-order valence-corrected chi connectivity index (χ2v) is 10.9. The number of hydrazone groups is 1. The van der Waals surface area contributed by atoms with E-state index in [1.54, 1.807) is 18.0 Å². The summed E-state index contributed by atoms with van der Waals surface area (Å²) in [4.78, 5) is 11.1. The van der Waals surface area contributed by atoms with Crippen LogP contribution in [0.4, 0.5) is 18.9 Å². The molecule has 1 aromatic heterocycles. The smallest absolute Gasteiger partial charge is 0.406 e. The minimum absolute atomic E-state index is 0.270. The monoisotopic (exact) mass is 609 g/mol. The van der Waals surface area contributed by atoms with Gasteiger partial charge in [0.05, 0.1) is 11.9 Å². The van der Waals surface area contributed by atoms with E-state index in [0.717, 1.165) is 34.3 Å². The predicted octanol–water partition coefficient (Wildman–Crippen LogP) is 6.77.